The maximum atomic E-state index is 12.6. The molecule has 0 spiro atoms. The first kappa shape index (κ1) is 23.3. The number of anilines is 1. The van der Waals surface area contributed by atoms with Gasteiger partial charge in [-0.15, -0.1) is 0 Å². The molecular weight excluding hydrogens is 464 g/mol. The first-order valence-corrected chi connectivity index (χ1v) is 11.0. The first-order valence-electron chi connectivity index (χ1n) is 10.3. The number of hydrogen-bond acceptors (Lipinski definition) is 3. The van der Waals surface area contributed by atoms with Gasteiger partial charge in [-0.3, -0.25) is 4.79 Å². The van der Waals surface area contributed by atoms with Crippen LogP contribution in [-0.2, 0) is 11.4 Å². The minimum absolute atomic E-state index is 0.0268. The van der Waals surface area contributed by atoms with E-state index in [1.54, 1.807) is 6.08 Å². The summed E-state index contributed by atoms with van der Waals surface area (Å²) in [4.78, 5) is 12.6. The molecule has 0 aliphatic carbocycles. The summed E-state index contributed by atoms with van der Waals surface area (Å²) in [6.07, 6.45) is 1.56. The molecule has 1 N–H and O–H groups in total. The second-order valence-electron chi connectivity index (χ2n) is 7.82. The topological polar surface area (TPSA) is 62.1 Å². The molecule has 0 fully saturated rings. The summed E-state index contributed by atoms with van der Waals surface area (Å²) >= 11 is 3.53. The lowest BCUT2D eigenvalue weighted by Crippen LogP contribution is -2.13. The van der Waals surface area contributed by atoms with Gasteiger partial charge >= 0.3 is 0 Å². The standard InChI is InChI=1S/C27H25BrN2O2/c1-17-5-7-22(11-19(17)3)16-32-26-10-8-21(14-25(26)28)13-23(15-29)27(31)30-24-9-6-18(2)20(4)12-24/h5-14H,16H2,1-4H3,(H,30,31)/b23-13+. The second kappa shape index (κ2) is 10.3. The zero-order valence-electron chi connectivity index (χ0n) is 18.6. The van der Waals surface area contributed by atoms with Gasteiger partial charge in [0.15, 0.2) is 0 Å². The Morgan fingerprint density at radius 3 is 2.28 bits per heavy atom. The molecule has 0 heterocycles. The van der Waals surface area contributed by atoms with E-state index < -0.39 is 5.91 Å². The van der Waals surface area contributed by atoms with Crippen molar-refractivity contribution in [1.29, 1.82) is 5.26 Å². The van der Waals surface area contributed by atoms with Crippen molar-refractivity contribution in [1.82, 2.24) is 0 Å². The molecule has 0 atom stereocenters. The molecule has 0 aromatic heterocycles. The normalized spacial score (nSPS) is 11.1. The van der Waals surface area contributed by atoms with Crippen LogP contribution in [0.15, 0.2) is 64.6 Å². The number of aryl methyl sites for hydroxylation is 4. The predicted molar refractivity (Wildman–Crippen MR) is 133 cm³/mol. The smallest absolute Gasteiger partial charge is 0.266 e. The van der Waals surface area contributed by atoms with Crippen molar-refractivity contribution >= 4 is 33.6 Å². The number of ether oxygens (including phenoxy) is 1. The van der Waals surface area contributed by atoms with E-state index >= 15 is 0 Å². The average molecular weight is 489 g/mol. The minimum atomic E-state index is -0.443. The number of amides is 1. The first-order chi connectivity index (χ1) is 15.3. The molecule has 4 nitrogen and oxygen atoms in total. The fourth-order valence-corrected chi connectivity index (χ4v) is 3.62. The molecule has 3 rings (SSSR count). The summed E-state index contributed by atoms with van der Waals surface area (Å²) in [5.74, 6) is 0.250. The van der Waals surface area contributed by atoms with Crippen molar-refractivity contribution in [3.05, 3.63) is 98.0 Å². The highest BCUT2D eigenvalue weighted by Crippen LogP contribution is 2.28. The van der Waals surface area contributed by atoms with E-state index in [9.17, 15) is 10.1 Å². The average Bonchev–Trinajstić information content (AvgIpc) is 2.76. The van der Waals surface area contributed by atoms with Crippen LogP contribution in [0, 0.1) is 39.0 Å². The molecule has 0 unspecified atom stereocenters. The van der Waals surface area contributed by atoms with Crippen molar-refractivity contribution in [3.8, 4) is 11.8 Å². The summed E-state index contributed by atoms with van der Waals surface area (Å²) in [6.45, 7) is 8.61. The Hall–Kier alpha value is -3.36. The molecule has 0 aliphatic heterocycles. The van der Waals surface area contributed by atoms with Crippen molar-refractivity contribution in [2.75, 3.05) is 5.32 Å². The van der Waals surface area contributed by atoms with Crippen LogP contribution in [0.3, 0.4) is 0 Å². The fourth-order valence-electron chi connectivity index (χ4n) is 3.11. The van der Waals surface area contributed by atoms with Gasteiger partial charge in [-0.2, -0.15) is 5.26 Å². The summed E-state index contributed by atoms with van der Waals surface area (Å²) < 4.78 is 6.69. The number of hydrogen-bond donors (Lipinski definition) is 1. The van der Waals surface area contributed by atoms with E-state index in [1.165, 1.54) is 11.1 Å². The van der Waals surface area contributed by atoms with E-state index in [0.29, 0.717) is 18.0 Å². The van der Waals surface area contributed by atoms with Crippen molar-refractivity contribution in [2.45, 2.75) is 34.3 Å². The number of benzene rings is 3. The Morgan fingerprint density at radius 1 is 0.969 bits per heavy atom. The van der Waals surface area contributed by atoms with Gasteiger partial charge in [0.2, 0.25) is 0 Å². The third-order valence-corrected chi connectivity index (χ3v) is 5.98. The number of carbonyl (C=O) groups is 1. The number of rotatable bonds is 6. The Bertz CT molecular complexity index is 1240. The summed E-state index contributed by atoms with van der Waals surface area (Å²) in [7, 11) is 0. The Kier molecular flexibility index (Phi) is 7.50. The monoisotopic (exact) mass is 488 g/mol. The van der Waals surface area contributed by atoms with Gasteiger partial charge < -0.3 is 10.1 Å². The van der Waals surface area contributed by atoms with Crippen LogP contribution in [0.5, 0.6) is 5.75 Å². The fraction of sp³-hybridized carbons (Fsp3) is 0.185. The molecule has 0 aliphatic rings. The molecule has 0 bridgehead atoms. The van der Waals surface area contributed by atoms with E-state index in [4.69, 9.17) is 4.74 Å². The maximum Gasteiger partial charge on any atom is 0.266 e. The zero-order chi connectivity index (χ0) is 23.3. The van der Waals surface area contributed by atoms with Crippen LogP contribution in [-0.4, -0.2) is 5.91 Å². The number of nitriles is 1. The van der Waals surface area contributed by atoms with Gasteiger partial charge in [-0.05, 0) is 107 Å². The Balaban J connectivity index is 1.71. The Labute approximate surface area is 197 Å². The van der Waals surface area contributed by atoms with Gasteiger partial charge in [-0.25, -0.2) is 0 Å². The number of nitrogens with one attached hydrogen (secondary N) is 1. The predicted octanol–water partition coefficient (Wildman–Crippen LogP) is 6.81. The summed E-state index contributed by atoms with van der Waals surface area (Å²) in [5.41, 5.74) is 7.21. The molecule has 162 valence electrons. The van der Waals surface area contributed by atoms with Gasteiger partial charge in [0.1, 0.15) is 24.0 Å². The van der Waals surface area contributed by atoms with Gasteiger partial charge in [0.25, 0.3) is 5.91 Å². The van der Waals surface area contributed by atoms with Gasteiger partial charge in [0, 0.05) is 5.69 Å². The lowest BCUT2D eigenvalue weighted by atomic mass is 10.1. The third kappa shape index (κ3) is 5.87. The summed E-state index contributed by atoms with van der Waals surface area (Å²) in [5, 5.41) is 12.3. The molecule has 0 saturated heterocycles. The molecule has 1 amide bonds. The molecule has 0 radical (unpaired) electrons. The van der Waals surface area contributed by atoms with E-state index in [-0.39, 0.29) is 5.57 Å². The van der Waals surface area contributed by atoms with Crippen LogP contribution < -0.4 is 10.1 Å². The lowest BCUT2D eigenvalue weighted by molar-refractivity contribution is -0.112. The maximum absolute atomic E-state index is 12.6. The van der Waals surface area contributed by atoms with Crippen molar-refractivity contribution < 1.29 is 9.53 Å². The third-order valence-electron chi connectivity index (χ3n) is 5.36. The SMILES string of the molecule is Cc1ccc(COc2ccc(/C=C(\C#N)C(=O)Nc3ccc(C)c(C)c3)cc2Br)cc1C. The van der Waals surface area contributed by atoms with Crippen LogP contribution in [0.2, 0.25) is 0 Å². The molecule has 3 aromatic carbocycles. The van der Waals surface area contributed by atoms with Gasteiger partial charge in [0.05, 0.1) is 4.47 Å². The lowest BCUT2D eigenvalue weighted by Gasteiger charge is -2.11. The van der Waals surface area contributed by atoms with E-state index in [2.05, 4.69) is 53.3 Å². The molecule has 5 heteroatoms. The van der Waals surface area contributed by atoms with Gasteiger partial charge in [-0.1, -0.05) is 30.3 Å². The number of carbonyl (C=O) groups excluding carboxylic acids is 1. The van der Waals surface area contributed by atoms with E-state index in [1.807, 2.05) is 56.3 Å². The highest BCUT2D eigenvalue weighted by molar-refractivity contribution is 9.10. The summed E-state index contributed by atoms with van der Waals surface area (Å²) in [6, 6.07) is 19.4. The number of nitrogens with zero attached hydrogens (tertiary/aromatic N) is 1. The van der Waals surface area contributed by atoms with Crippen LogP contribution in [0.1, 0.15) is 33.4 Å². The van der Waals surface area contributed by atoms with Crippen LogP contribution >= 0.6 is 15.9 Å². The molecule has 3 aromatic rings. The molecule has 0 saturated carbocycles. The van der Waals surface area contributed by atoms with Crippen molar-refractivity contribution in [3.63, 3.8) is 0 Å². The minimum Gasteiger partial charge on any atom is -0.488 e. The number of halogens is 1. The van der Waals surface area contributed by atoms with Crippen LogP contribution in [0.25, 0.3) is 6.08 Å². The van der Waals surface area contributed by atoms with E-state index in [0.717, 1.165) is 26.7 Å². The highest BCUT2D eigenvalue weighted by atomic mass is 79.9. The molecule has 32 heavy (non-hydrogen) atoms. The quantitative estimate of drug-likeness (QED) is 0.306. The Morgan fingerprint density at radius 2 is 1.66 bits per heavy atom. The van der Waals surface area contributed by atoms with Crippen LogP contribution in [0.4, 0.5) is 5.69 Å². The largest absolute Gasteiger partial charge is 0.488 e. The second-order valence-corrected chi connectivity index (χ2v) is 8.67. The molecular formula is C27H25BrN2O2. The van der Waals surface area contributed by atoms with Crippen molar-refractivity contribution in [2.24, 2.45) is 0 Å². The zero-order valence-corrected chi connectivity index (χ0v) is 20.2. The highest BCUT2D eigenvalue weighted by Gasteiger charge is 2.11.